The average molecular weight is 368 g/mol. The van der Waals surface area contributed by atoms with Crippen molar-refractivity contribution in [2.45, 2.75) is 0 Å². The lowest BCUT2D eigenvalue weighted by Gasteiger charge is -2.35. The summed E-state index contributed by atoms with van der Waals surface area (Å²) in [6, 6.07) is 11.4. The van der Waals surface area contributed by atoms with Crippen LogP contribution in [0.1, 0.15) is 0 Å². The third-order valence-electron chi connectivity index (χ3n) is 4.84. The van der Waals surface area contributed by atoms with Gasteiger partial charge in [0.2, 0.25) is 5.95 Å². The number of para-hydroxylation sites is 1. The molecule has 0 spiro atoms. The molecule has 1 N–H and O–H groups in total. The SMILES string of the molecule is O=C(Nc1ccccc1)N1CCN(c2ccnc(N3CCOCC3)n2)CC1. The maximum atomic E-state index is 12.4. The minimum absolute atomic E-state index is 0.0578. The van der Waals surface area contributed by atoms with Crippen molar-refractivity contribution in [3.8, 4) is 0 Å². The standard InChI is InChI=1S/C19H24N6O2/c26-19(21-16-4-2-1-3-5-16)25-10-8-23(9-11-25)17-6-7-20-18(22-17)24-12-14-27-15-13-24/h1-7H,8-15H2,(H,21,26). The van der Waals surface area contributed by atoms with Crippen LogP contribution in [0.15, 0.2) is 42.6 Å². The number of aromatic nitrogens is 2. The Morgan fingerprint density at radius 3 is 2.41 bits per heavy atom. The van der Waals surface area contributed by atoms with Crippen molar-refractivity contribution in [2.75, 3.05) is 67.6 Å². The summed E-state index contributed by atoms with van der Waals surface area (Å²) in [4.78, 5) is 27.7. The highest BCUT2D eigenvalue weighted by atomic mass is 16.5. The van der Waals surface area contributed by atoms with Gasteiger partial charge in [0.1, 0.15) is 5.82 Å². The number of carbonyl (C=O) groups excluding carboxylic acids is 1. The van der Waals surface area contributed by atoms with E-state index in [2.05, 4.69) is 20.1 Å². The highest BCUT2D eigenvalue weighted by Gasteiger charge is 2.23. The molecule has 4 rings (SSSR count). The van der Waals surface area contributed by atoms with Gasteiger partial charge in [-0.15, -0.1) is 0 Å². The molecule has 0 radical (unpaired) electrons. The number of benzene rings is 1. The highest BCUT2D eigenvalue weighted by Crippen LogP contribution is 2.18. The lowest BCUT2D eigenvalue weighted by atomic mass is 10.3. The van der Waals surface area contributed by atoms with Gasteiger partial charge in [0.25, 0.3) is 0 Å². The number of rotatable bonds is 3. The fourth-order valence-corrected chi connectivity index (χ4v) is 3.29. The quantitative estimate of drug-likeness (QED) is 0.888. The fourth-order valence-electron chi connectivity index (χ4n) is 3.29. The van der Waals surface area contributed by atoms with E-state index in [-0.39, 0.29) is 6.03 Å². The lowest BCUT2D eigenvalue weighted by Crippen LogP contribution is -2.50. The Labute approximate surface area is 158 Å². The fraction of sp³-hybridized carbons (Fsp3) is 0.421. The van der Waals surface area contributed by atoms with Crippen LogP contribution >= 0.6 is 0 Å². The minimum Gasteiger partial charge on any atom is -0.378 e. The van der Waals surface area contributed by atoms with Crippen molar-refractivity contribution in [3.63, 3.8) is 0 Å². The van der Waals surface area contributed by atoms with E-state index in [1.54, 1.807) is 0 Å². The number of hydrogen-bond donors (Lipinski definition) is 1. The Kier molecular flexibility index (Phi) is 5.34. The molecular formula is C19H24N6O2. The first-order chi connectivity index (χ1) is 13.3. The Balaban J connectivity index is 1.34. The van der Waals surface area contributed by atoms with Crippen molar-refractivity contribution in [2.24, 2.45) is 0 Å². The normalized spacial score (nSPS) is 17.7. The summed E-state index contributed by atoms with van der Waals surface area (Å²) in [6.07, 6.45) is 1.81. The number of morpholine rings is 1. The van der Waals surface area contributed by atoms with E-state index >= 15 is 0 Å². The lowest BCUT2D eigenvalue weighted by molar-refractivity contribution is 0.122. The zero-order valence-corrected chi connectivity index (χ0v) is 15.3. The van der Waals surface area contributed by atoms with Crippen LogP contribution in [0.5, 0.6) is 0 Å². The number of nitrogens with zero attached hydrogens (tertiary/aromatic N) is 5. The molecule has 2 aliphatic heterocycles. The van der Waals surface area contributed by atoms with Gasteiger partial charge < -0.3 is 24.8 Å². The molecule has 8 heteroatoms. The number of hydrogen-bond acceptors (Lipinski definition) is 6. The Morgan fingerprint density at radius 2 is 1.67 bits per heavy atom. The summed E-state index contributed by atoms with van der Waals surface area (Å²) in [5.74, 6) is 1.66. The van der Waals surface area contributed by atoms with E-state index < -0.39 is 0 Å². The van der Waals surface area contributed by atoms with Gasteiger partial charge in [0.05, 0.1) is 13.2 Å². The van der Waals surface area contributed by atoms with E-state index in [4.69, 9.17) is 9.72 Å². The van der Waals surface area contributed by atoms with E-state index in [0.717, 1.165) is 43.6 Å². The molecule has 2 amide bonds. The summed E-state index contributed by atoms with van der Waals surface area (Å²) >= 11 is 0. The molecule has 0 unspecified atom stereocenters. The summed E-state index contributed by atoms with van der Waals surface area (Å²) < 4.78 is 5.39. The number of ether oxygens (including phenoxy) is 1. The van der Waals surface area contributed by atoms with Crippen LogP contribution in [0.3, 0.4) is 0 Å². The predicted molar refractivity (Wildman–Crippen MR) is 104 cm³/mol. The van der Waals surface area contributed by atoms with Crippen LogP contribution in [-0.4, -0.2) is 73.4 Å². The van der Waals surface area contributed by atoms with Gasteiger partial charge in [-0.3, -0.25) is 0 Å². The van der Waals surface area contributed by atoms with Gasteiger partial charge >= 0.3 is 6.03 Å². The molecular weight excluding hydrogens is 344 g/mol. The van der Waals surface area contributed by atoms with Gasteiger partial charge in [-0.05, 0) is 18.2 Å². The maximum Gasteiger partial charge on any atom is 0.321 e. The molecule has 2 saturated heterocycles. The second-order valence-electron chi connectivity index (χ2n) is 6.58. The Bertz CT molecular complexity index is 758. The summed E-state index contributed by atoms with van der Waals surface area (Å²) in [7, 11) is 0. The smallest absolute Gasteiger partial charge is 0.321 e. The molecule has 142 valence electrons. The molecule has 0 atom stereocenters. The van der Waals surface area contributed by atoms with Crippen molar-refractivity contribution < 1.29 is 9.53 Å². The summed E-state index contributed by atoms with van der Waals surface area (Å²) in [5.41, 5.74) is 0.816. The zero-order valence-electron chi connectivity index (χ0n) is 15.3. The number of amides is 2. The number of piperazine rings is 1. The molecule has 2 fully saturated rings. The first-order valence-corrected chi connectivity index (χ1v) is 9.31. The van der Waals surface area contributed by atoms with Gasteiger partial charge in [-0.2, -0.15) is 4.98 Å². The zero-order chi connectivity index (χ0) is 18.5. The van der Waals surface area contributed by atoms with Gasteiger partial charge in [0.15, 0.2) is 0 Å². The number of anilines is 3. The van der Waals surface area contributed by atoms with Crippen molar-refractivity contribution in [3.05, 3.63) is 42.6 Å². The monoisotopic (exact) mass is 368 g/mol. The topological polar surface area (TPSA) is 73.8 Å². The highest BCUT2D eigenvalue weighted by molar-refractivity contribution is 5.89. The molecule has 2 aromatic rings. The van der Waals surface area contributed by atoms with Gasteiger partial charge in [-0.1, -0.05) is 18.2 Å². The van der Waals surface area contributed by atoms with Crippen LogP contribution in [-0.2, 0) is 4.74 Å². The average Bonchev–Trinajstić information content (AvgIpc) is 2.75. The van der Waals surface area contributed by atoms with Crippen LogP contribution in [0.2, 0.25) is 0 Å². The molecule has 2 aliphatic rings. The predicted octanol–water partition coefficient (Wildman–Crippen LogP) is 1.67. The van der Waals surface area contributed by atoms with Crippen LogP contribution < -0.4 is 15.1 Å². The number of carbonyl (C=O) groups is 1. The third-order valence-corrected chi connectivity index (χ3v) is 4.84. The number of nitrogens with one attached hydrogen (secondary N) is 1. The van der Waals surface area contributed by atoms with E-state index in [1.807, 2.05) is 47.5 Å². The van der Waals surface area contributed by atoms with Crippen LogP contribution in [0.4, 0.5) is 22.2 Å². The number of urea groups is 1. The Hall–Kier alpha value is -2.87. The van der Waals surface area contributed by atoms with Crippen molar-refractivity contribution in [1.29, 1.82) is 0 Å². The van der Waals surface area contributed by atoms with Crippen molar-refractivity contribution in [1.82, 2.24) is 14.9 Å². The van der Waals surface area contributed by atoms with Crippen LogP contribution in [0, 0.1) is 0 Å². The second-order valence-corrected chi connectivity index (χ2v) is 6.58. The van der Waals surface area contributed by atoms with E-state index in [1.165, 1.54) is 0 Å². The molecule has 1 aromatic heterocycles. The molecule has 0 bridgehead atoms. The van der Waals surface area contributed by atoms with Crippen LogP contribution in [0.25, 0.3) is 0 Å². The van der Waals surface area contributed by atoms with E-state index in [9.17, 15) is 4.79 Å². The van der Waals surface area contributed by atoms with Gasteiger partial charge in [-0.25, -0.2) is 9.78 Å². The molecule has 8 nitrogen and oxygen atoms in total. The maximum absolute atomic E-state index is 12.4. The third kappa shape index (κ3) is 4.28. The molecule has 3 heterocycles. The first kappa shape index (κ1) is 17.5. The molecule has 0 aliphatic carbocycles. The Morgan fingerprint density at radius 1 is 0.926 bits per heavy atom. The summed E-state index contributed by atoms with van der Waals surface area (Å²) in [6.45, 7) is 5.88. The minimum atomic E-state index is -0.0578. The van der Waals surface area contributed by atoms with Crippen molar-refractivity contribution >= 4 is 23.5 Å². The molecule has 1 aromatic carbocycles. The molecule has 27 heavy (non-hydrogen) atoms. The largest absolute Gasteiger partial charge is 0.378 e. The summed E-state index contributed by atoms with van der Waals surface area (Å²) in [5, 5.41) is 2.94. The van der Waals surface area contributed by atoms with E-state index in [0.29, 0.717) is 26.3 Å². The molecule has 0 saturated carbocycles. The first-order valence-electron chi connectivity index (χ1n) is 9.31. The second kappa shape index (κ2) is 8.22. The van der Waals surface area contributed by atoms with Gasteiger partial charge in [0, 0.05) is 51.2 Å².